The highest BCUT2D eigenvalue weighted by Crippen LogP contribution is 2.44. The van der Waals surface area contributed by atoms with Gasteiger partial charge in [0, 0.05) is 31.6 Å². The number of aryl methyl sites for hydroxylation is 2. The number of alkyl halides is 3. The van der Waals surface area contributed by atoms with Crippen molar-refractivity contribution in [2.45, 2.75) is 50.9 Å². The van der Waals surface area contributed by atoms with Gasteiger partial charge in [0.25, 0.3) is 0 Å². The zero-order valence-corrected chi connectivity index (χ0v) is 19.3. The third kappa shape index (κ3) is 3.73. The van der Waals surface area contributed by atoms with Gasteiger partial charge in [-0.05, 0) is 73.3 Å². The van der Waals surface area contributed by atoms with Crippen molar-refractivity contribution in [1.82, 2.24) is 19.1 Å². The van der Waals surface area contributed by atoms with Crippen molar-refractivity contribution < 1.29 is 17.6 Å². The Morgan fingerprint density at radius 2 is 1.94 bits per heavy atom. The van der Waals surface area contributed by atoms with E-state index in [1.807, 2.05) is 6.92 Å². The predicted octanol–water partition coefficient (Wildman–Crippen LogP) is 5.06. The van der Waals surface area contributed by atoms with Crippen molar-refractivity contribution in [3.8, 4) is 0 Å². The second kappa shape index (κ2) is 7.93. The molecule has 3 aromatic rings. The summed E-state index contributed by atoms with van der Waals surface area (Å²) >= 11 is 1.54. The van der Waals surface area contributed by atoms with Crippen molar-refractivity contribution in [2.75, 3.05) is 23.3 Å². The summed E-state index contributed by atoms with van der Waals surface area (Å²) in [5.41, 5.74) is 0.303. The summed E-state index contributed by atoms with van der Waals surface area (Å²) in [6.07, 6.45) is -2.02. The molecule has 1 saturated carbocycles. The van der Waals surface area contributed by atoms with Crippen molar-refractivity contribution in [3.63, 3.8) is 0 Å². The molecule has 1 aromatic carbocycles. The molecule has 0 amide bonds. The summed E-state index contributed by atoms with van der Waals surface area (Å²) < 4.78 is 59.7. The van der Waals surface area contributed by atoms with E-state index in [4.69, 9.17) is 0 Å². The van der Waals surface area contributed by atoms with Gasteiger partial charge in [0.2, 0.25) is 5.95 Å². The van der Waals surface area contributed by atoms with Gasteiger partial charge in [-0.3, -0.25) is 0 Å². The zero-order valence-electron chi connectivity index (χ0n) is 18.5. The Hall–Kier alpha value is -2.69. The molecule has 5 heterocycles. The summed E-state index contributed by atoms with van der Waals surface area (Å²) in [6.45, 7) is 4.59. The molecule has 1 N–H and O–H groups in total. The fourth-order valence-electron chi connectivity index (χ4n) is 5.64. The molecule has 180 valence electrons. The van der Waals surface area contributed by atoms with Gasteiger partial charge >= 0.3 is 6.18 Å². The first-order valence-electron chi connectivity index (χ1n) is 11.5. The number of piperidine rings is 2. The summed E-state index contributed by atoms with van der Waals surface area (Å²) in [6, 6.07) is 5.18. The van der Waals surface area contributed by atoms with E-state index in [0.717, 1.165) is 31.3 Å². The number of aromatic nitrogens is 4. The Bertz CT molecular complexity index is 1210. The molecule has 1 aliphatic carbocycles. The fraction of sp³-hybridized carbons (Fsp3) is 0.522. The quantitative estimate of drug-likeness (QED) is 0.516. The van der Waals surface area contributed by atoms with E-state index in [2.05, 4.69) is 30.7 Å². The second-order valence-corrected chi connectivity index (χ2v) is 10.4. The van der Waals surface area contributed by atoms with Crippen LogP contribution in [0.1, 0.15) is 47.8 Å². The van der Waals surface area contributed by atoms with E-state index >= 15 is 0 Å². The number of hydrogen-bond acceptors (Lipinski definition) is 6. The summed E-state index contributed by atoms with van der Waals surface area (Å²) in [5.74, 6) is 0.854. The number of benzene rings is 1. The van der Waals surface area contributed by atoms with Gasteiger partial charge in [-0.25, -0.2) is 9.07 Å². The Morgan fingerprint density at radius 1 is 1.15 bits per heavy atom. The van der Waals surface area contributed by atoms with Crippen LogP contribution in [0, 0.1) is 24.6 Å². The second-order valence-electron chi connectivity index (χ2n) is 9.58. The largest absolute Gasteiger partial charge is 0.416 e. The van der Waals surface area contributed by atoms with Crippen LogP contribution in [0.3, 0.4) is 0 Å². The molecule has 0 radical (unpaired) electrons. The zero-order chi connectivity index (χ0) is 23.6. The van der Waals surface area contributed by atoms with Crippen LogP contribution in [0.5, 0.6) is 0 Å². The average Bonchev–Trinajstić information content (AvgIpc) is 3.42. The molecule has 3 aliphatic heterocycles. The topological polar surface area (TPSA) is 58.9 Å². The van der Waals surface area contributed by atoms with Crippen LogP contribution in [0.25, 0.3) is 0 Å². The predicted molar refractivity (Wildman–Crippen MR) is 121 cm³/mol. The van der Waals surface area contributed by atoms with Crippen molar-refractivity contribution in [2.24, 2.45) is 11.8 Å². The maximum absolute atomic E-state index is 14.7. The number of nitrogens with one attached hydrogen (secondary N) is 1. The van der Waals surface area contributed by atoms with Crippen LogP contribution in [0.15, 0.2) is 24.3 Å². The maximum Gasteiger partial charge on any atom is 0.416 e. The minimum absolute atomic E-state index is 0.240. The highest BCUT2D eigenvalue weighted by molar-refractivity contribution is 7.10. The van der Waals surface area contributed by atoms with Gasteiger partial charge < -0.3 is 10.2 Å². The van der Waals surface area contributed by atoms with Gasteiger partial charge in [-0.1, -0.05) is 6.07 Å². The highest BCUT2D eigenvalue weighted by atomic mass is 32.1. The van der Waals surface area contributed by atoms with Crippen molar-refractivity contribution in [1.29, 1.82) is 0 Å². The molecule has 11 heteroatoms. The van der Waals surface area contributed by atoms with Gasteiger partial charge in [0.05, 0.1) is 11.3 Å². The SMILES string of the molecule is Cc1cc(N2C[C@H]3C[C@@H](C2)C3Nc2nc3n(n2)CCCC3c2ccc(C(F)(F)F)cc2F)sn1. The van der Waals surface area contributed by atoms with E-state index in [1.54, 1.807) is 4.68 Å². The van der Waals surface area contributed by atoms with Crippen LogP contribution in [-0.2, 0) is 12.7 Å². The molecular weight excluding hydrogens is 468 g/mol. The number of rotatable bonds is 4. The molecule has 6 nitrogen and oxygen atoms in total. The lowest BCUT2D eigenvalue weighted by Crippen LogP contribution is -2.61. The first-order valence-corrected chi connectivity index (χ1v) is 12.3. The van der Waals surface area contributed by atoms with Crippen molar-refractivity contribution in [3.05, 3.63) is 52.7 Å². The first kappa shape index (κ1) is 21.8. The summed E-state index contributed by atoms with van der Waals surface area (Å²) in [4.78, 5) is 7.08. The van der Waals surface area contributed by atoms with Crippen LogP contribution in [0.4, 0.5) is 28.5 Å². The molecule has 7 rings (SSSR count). The lowest BCUT2D eigenvalue weighted by atomic mass is 9.66. The third-order valence-electron chi connectivity index (χ3n) is 7.33. The Morgan fingerprint density at radius 3 is 2.62 bits per heavy atom. The monoisotopic (exact) mass is 492 g/mol. The van der Waals surface area contributed by atoms with E-state index < -0.39 is 23.5 Å². The van der Waals surface area contributed by atoms with Gasteiger partial charge in [0.1, 0.15) is 16.6 Å². The maximum atomic E-state index is 14.7. The standard InChI is InChI=1S/C23H24F4N6S/c1-12-7-19(34-31-12)32-10-13-8-14(11-32)20(13)28-22-29-21-17(3-2-6-33(21)30-22)16-5-4-15(9-18(16)24)23(25,26)27/h4-5,7,9,13-14,17,20H,2-3,6,8,10-11H2,1H3,(H,28,30)/t13-,14+,17?,20?. The number of hydrogen-bond donors (Lipinski definition) is 1. The molecule has 2 saturated heterocycles. The van der Waals surface area contributed by atoms with Crippen LogP contribution >= 0.6 is 11.5 Å². The minimum Gasteiger partial charge on any atom is -0.361 e. The minimum atomic E-state index is -4.57. The number of fused-ring (bicyclic) bond motifs is 3. The van der Waals surface area contributed by atoms with Crippen molar-refractivity contribution >= 4 is 22.5 Å². The lowest BCUT2D eigenvalue weighted by molar-refractivity contribution is -0.137. The average molecular weight is 493 g/mol. The van der Waals surface area contributed by atoms with Crippen LogP contribution in [-0.4, -0.2) is 38.3 Å². The lowest BCUT2D eigenvalue weighted by Gasteiger charge is -2.53. The van der Waals surface area contributed by atoms with Crippen LogP contribution in [0.2, 0.25) is 0 Å². The molecular formula is C23H24F4N6S. The molecule has 2 unspecified atom stereocenters. The van der Waals surface area contributed by atoms with E-state index in [-0.39, 0.29) is 11.6 Å². The Kier molecular flexibility index (Phi) is 5.09. The summed E-state index contributed by atoms with van der Waals surface area (Å²) in [7, 11) is 0. The van der Waals surface area contributed by atoms with E-state index in [9.17, 15) is 17.6 Å². The molecule has 0 spiro atoms. The summed E-state index contributed by atoms with van der Waals surface area (Å²) in [5, 5.41) is 9.33. The molecule has 2 bridgehead atoms. The smallest absolute Gasteiger partial charge is 0.361 e. The van der Waals surface area contributed by atoms with E-state index in [1.165, 1.54) is 29.0 Å². The van der Waals surface area contributed by atoms with Gasteiger partial charge in [-0.2, -0.15) is 22.5 Å². The van der Waals surface area contributed by atoms with Gasteiger partial charge in [0.15, 0.2) is 0 Å². The Balaban J connectivity index is 1.19. The number of anilines is 2. The highest BCUT2D eigenvalue weighted by Gasteiger charge is 2.47. The number of nitrogens with zero attached hydrogens (tertiary/aromatic N) is 5. The molecule has 3 fully saturated rings. The molecule has 2 aromatic heterocycles. The normalized spacial score (nSPS) is 26.2. The number of halogens is 4. The first-order chi connectivity index (χ1) is 16.3. The molecule has 4 aliphatic rings. The Labute approximate surface area is 198 Å². The fourth-order valence-corrected chi connectivity index (χ4v) is 6.42. The molecule has 4 atom stereocenters. The van der Waals surface area contributed by atoms with Gasteiger partial charge in [-0.15, -0.1) is 5.10 Å². The third-order valence-corrected chi connectivity index (χ3v) is 8.27. The van der Waals surface area contributed by atoms with Crippen LogP contribution < -0.4 is 10.2 Å². The molecule has 34 heavy (non-hydrogen) atoms. The van der Waals surface area contributed by atoms with E-state index in [0.29, 0.717) is 42.6 Å².